The SMILES string of the molecule is CCOC(=O)C(C)NC(=O)c1c(C)cccc1C. The topological polar surface area (TPSA) is 55.4 Å². The highest BCUT2D eigenvalue weighted by molar-refractivity contribution is 5.99. The predicted octanol–water partition coefficient (Wildman–Crippen LogP) is 1.98. The van der Waals surface area contributed by atoms with Crippen LogP contribution in [0.5, 0.6) is 0 Å². The zero-order valence-corrected chi connectivity index (χ0v) is 11.2. The number of hydrogen-bond donors (Lipinski definition) is 1. The highest BCUT2D eigenvalue weighted by Gasteiger charge is 2.19. The van der Waals surface area contributed by atoms with E-state index in [4.69, 9.17) is 4.74 Å². The number of benzene rings is 1. The van der Waals surface area contributed by atoms with Crippen molar-refractivity contribution in [2.75, 3.05) is 6.61 Å². The van der Waals surface area contributed by atoms with Gasteiger partial charge in [0.1, 0.15) is 6.04 Å². The van der Waals surface area contributed by atoms with Crippen molar-refractivity contribution in [1.29, 1.82) is 0 Å². The number of ether oxygens (including phenoxy) is 1. The molecule has 0 aliphatic rings. The molecule has 0 spiro atoms. The van der Waals surface area contributed by atoms with Gasteiger partial charge < -0.3 is 10.1 Å². The molecular formula is C14H19NO3. The lowest BCUT2D eigenvalue weighted by molar-refractivity contribution is -0.144. The van der Waals surface area contributed by atoms with Gasteiger partial charge in [0.15, 0.2) is 0 Å². The second-order valence-corrected chi connectivity index (χ2v) is 4.21. The second-order valence-electron chi connectivity index (χ2n) is 4.21. The highest BCUT2D eigenvalue weighted by atomic mass is 16.5. The molecule has 1 amide bonds. The molecule has 0 aliphatic heterocycles. The summed E-state index contributed by atoms with van der Waals surface area (Å²) in [6, 6.07) is 5.00. The highest BCUT2D eigenvalue weighted by Crippen LogP contribution is 2.13. The number of hydrogen-bond acceptors (Lipinski definition) is 3. The first-order chi connectivity index (χ1) is 8.47. The molecule has 0 aliphatic carbocycles. The summed E-state index contributed by atoms with van der Waals surface area (Å²) in [6.07, 6.45) is 0. The number of carbonyl (C=O) groups excluding carboxylic acids is 2. The Kier molecular flexibility index (Phi) is 4.89. The molecule has 4 nitrogen and oxygen atoms in total. The lowest BCUT2D eigenvalue weighted by Crippen LogP contribution is -2.40. The van der Waals surface area contributed by atoms with Crippen molar-refractivity contribution in [1.82, 2.24) is 5.32 Å². The zero-order valence-electron chi connectivity index (χ0n) is 11.2. The van der Waals surface area contributed by atoms with E-state index in [1.165, 1.54) is 0 Å². The van der Waals surface area contributed by atoms with Crippen molar-refractivity contribution in [3.05, 3.63) is 34.9 Å². The molecule has 0 fully saturated rings. The van der Waals surface area contributed by atoms with Gasteiger partial charge in [0.2, 0.25) is 0 Å². The molecule has 0 bridgehead atoms. The normalized spacial score (nSPS) is 11.8. The van der Waals surface area contributed by atoms with E-state index in [0.29, 0.717) is 12.2 Å². The van der Waals surface area contributed by atoms with E-state index < -0.39 is 12.0 Å². The summed E-state index contributed by atoms with van der Waals surface area (Å²) in [5, 5.41) is 2.65. The third-order valence-electron chi connectivity index (χ3n) is 2.70. The summed E-state index contributed by atoms with van der Waals surface area (Å²) < 4.78 is 4.85. The minimum atomic E-state index is -0.642. The summed E-state index contributed by atoms with van der Waals surface area (Å²) in [6.45, 7) is 7.40. The van der Waals surface area contributed by atoms with Crippen LogP contribution in [-0.4, -0.2) is 24.5 Å². The molecule has 1 aromatic rings. The Morgan fingerprint density at radius 3 is 2.33 bits per heavy atom. The molecule has 1 unspecified atom stereocenters. The van der Waals surface area contributed by atoms with Crippen LogP contribution in [-0.2, 0) is 9.53 Å². The van der Waals surface area contributed by atoms with E-state index in [1.807, 2.05) is 32.0 Å². The average Bonchev–Trinajstić information content (AvgIpc) is 2.28. The molecular weight excluding hydrogens is 230 g/mol. The third kappa shape index (κ3) is 3.32. The van der Waals surface area contributed by atoms with Gasteiger partial charge >= 0.3 is 5.97 Å². The molecule has 18 heavy (non-hydrogen) atoms. The first kappa shape index (κ1) is 14.2. The van der Waals surface area contributed by atoms with Crippen LogP contribution in [0.2, 0.25) is 0 Å². The maximum absolute atomic E-state index is 12.1. The van der Waals surface area contributed by atoms with Crippen molar-refractivity contribution in [2.24, 2.45) is 0 Å². The molecule has 1 aromatic carbocycles. The van der Waals surface area contributed by atoms with Crippen molar-refractivity contribution in [3.8, 4) is 0 Å². The van der Waals surface area contributed by atoms with Gasteiger partial charge in [-0.3, -0.25) is 4.79 Å². The van der Waals surface area contributed by atoms with Gasteiger partial charge in [0, 0.05) is 5.56 Å². The van der Waals surface area contributed by atoms with Gasteiger partial charge in [0.25, 0.3) is 5.91 Å². The van der Waals surface area contributed by atoms with Crippen LogP contribution in [0, 0.1) is 13.8 Å². The lowest BCUT2D eigenvalue weighted by atomic mass is 10.0. The number of nitrogens with one attached hydrogen (secondary N) is 1. The number of amides is 1. The van der Waals surface area contributed by atoms with E-state index >= 15 is 0 Å². The zero-order chi connectivity index (χ0) is 13.7. The van der Waals surface area contributed by atoms with Crippen LogP contribution in [0.3, 0.4) is 0 Å². The van der Waals surface area contributed by atoms with Crippen molar-refractivity contribution in [3.63, 3.8) is 0 Å². The Bertz CT molecular complexity index is 434. The lowest BCUT2D eigenvalue weighted by Gasteiger charge is -2.15. The molecule has 1 rings (SSSR count). The largest absolute Gasteiger partial charge is 0.464 e. The van der Waals surface area contributed by atoms with Crippen LogP contribution < -0.4 is 5.32 Å². The van der Waals surface area contributed by atoms with Crippen LogP contribution in [0.15, 0.2) is 18.2 Å². The summed E-state index contributed by atoms with van der Waals surface area (Å²) in [7, 11) is 0. The van der Waals surface area contributed by atoms with Gasteiger partial charge in [-0.05, 0) is 38.8 Å². The Hall–Kier alpha value is -1.84. The maximum atomic E-state index is 12.1. The number of rotatable bonds is 4. The maximum Gasteiger partial charge on any atom is 0.328 e. The van der Waals surface area contributed by atoms with E-state index in [-0.39, 0.29) is 5.91 Å². The standard InChI is InChI=1S/C14H19NO3/c1-5-18-14(17)11(4)15-13(16)12-9(2)7-6-8-10(12)3/h6-8,11H,5H2,1-4H3,(H,15,16). The Labute approximate surface area is 107 Å². The monoisotopic (exact) mass is 249 g/mol. The van der Waals surface area contributed by atoms with Crippen LogP contribution in [0.1, 0.15) is 35.3 Å². The summed E-state index contributed by atoms with van der Waals surface area (Å²) in [5.74, 6) is -0.664. The van der Waals surface area contributed by atoms with E-state index in [9.17, 15) is 9.59 Å². The first-order valence-electron chi connectivity index (χ1n) is 6.01. The molecule has 0 heterocycles. The Balaban J connectivity index is 2.80. The van der Waals surface area contributed by atoms with E-state index in [1.54, 1.807) is 13.8 Å². The number of carbonyl (C=O) groups is 2. The number of aryl methyl sites for hydroxylation is 2. The molecule has 1 atom stereocenters. The molecule has 1 N–H and O–H groups in total. The van der Waals surface area contributed by atoms with Crippen molar-refractivity contribution in [2.45, 2.75) is 33.7 Å². The van der Waals surface area contributed by atoms with Crippen molar-refractivity contribution >= 4 is 11.9 Å². The fraction of sp³-hybridized carbons (Fsp3) is 0.429. The minimum absolute atomic E-state index is 0.244. The summed E-state index contributed by atoms with van der Waals surface area (Å²) in [5.41, 5.74) is 2.40. The quantitative estimate of drug-likeness (QED) is 0.830. The Morgan fingerprint density at radius 2 is 1.83 bits per heavy atom. The smallest absolute Gasteiger partial charge is 0.328 e. The van der Waals surface area contributed by atoms with Gasteiger partial charge in [-0.1, -0.05) is 18.2 Å². The second kappa shape index (κ2) is 6.19. The van der Waals surface area contributed by atoms with Gasteiger partial charge in [0.05, 0.1) is 6.61 Å². The van der Waals surface area contributed by atoms with Crippen LogP contribution in [0.25, 0.3) is 0 Å². The summed E-state index contributed by atoms with van der Waals surface area (Å²) >= 11 is 0. The molecule has 0 saturated carbocycles. The molecule has 0 saturated heterocycles. The fourth-order valence-electron chi connectivity index (χ4n) is 1.77. The minimum Gasteiger partial charge on any atom is -0.464 e. The molecule has 98 valence electrons. The van der Waals surface area contributed by atoms with Gasteiger partial charge in [-0.25, -0.2) is 4.79 Å². The van der Waals surface area contributed by atoms with Gasteiger partial charge in [-0.15, -0.1) is 0 Å². The van der Waals surface area contributed by atoms with Crippen LogP contribution in [0.4, 0.5) is 0 Å². The van der Waals surface area contributed by atoms with E-state index in [0.717, 1.165) is 11.1 Å². The Morgan fingerprint density at radius 1 is 1.28 bits per heavy atom. The molecule has 0 radical (unpaired) electrons. The average molecular weight is 249 g/mol. The molecule has 0 aromatic heterocycles. The van der Waals surface area contributed by atoms with Gasteiger partial charge in [-0.2, -0.15) is 0 Å². The summed E-state index contributed by atoms with van der Waals surface area (Å²) in [4.78, 5) is 23.5. The number of esters is 1. The molecule has 4 heteroatoms. The van der Waals surface area contributed by atoms with E-state index in [2.05, 4.69) is 5.32 Å². The van der Waals surface area contributed by atoms with Crippen molar-refractivity contribution < 1.29 is 14.3 Å². The van der Waals surface area contributed by atoms with Crippen LogP contribution >= 0.6 is 0 Å². The third-order valence-corrected chi connectivity index (χ3v) is 2.70. The predicted molar refractivity (Wildman–Crippen MR) is 69.5 cm³/mol. The first-order valence-corrected chi connectivity index (χ1v) is 6.01. The fourth-order valence-corrected chi connectivity index (χ4v) is 1.77.